The van der Waals surface area contributed by atoms with Gasteiger partial charge in [-0.25, -0.2) is 4.98 Å². The number of anilines is 3. The van der Waals surface area contributed by atoms with Crippen molar-refractivity contribution in [3.63, 3.8) is 0 Å². The molecule has 30 heavy (non-hydrogen) atoms. The van der Waals surface area contributed by atoms with Gasteiger partial charge in [0, 0.05) is 49.4 Å². The van der Waals surface area contributed by atoms with Gasteiger partial charge >= 0.3 is 0 Å². The fourth-order valence-corrected chi connectivity index (χ4v) is 3.85. The lowest BCUT2D eigenvalue weighted by atomic mass is 10.2. The molecule has 1 aliphatic rings. The molecule has 0 radical (unpaired) electrons. The Balaban J connectivity index is 1.44. The molecule has 10 heteroatoms. The van der Waals surface area contributed by atoms with E-state index in [0.717, 1.165) is 40.7 Å². The summed E-state index contributed by atoms with van der Waals surface area (Å²) in [5, 5.41) is 32.5. The first-order chi connectivity index (χ1) is 14.7. The van der Waals surface area contributed by atoms with E-state index >= 15 is 0 Å². The van der Waals surface area contributed by atoms with Crippen LogP contribution in [0.4, 0.5) is 17.6 Å². The smallest absolute Gasteiger partial charge is 0.230 e. The summed E-state index contributed by atoms with van der Waals surface area (Å²) in [5.74, 6) is 1.70. The Hall–Kier alpha value is -3.37. The second kappa shape index (κ2) is 7.81. The van der Waals surface area contributed by atoms with Crippen molar-refractivity contribution in [2.45, 2.75) is 25.5 Å². The Kier molecular flexibility index (Phi) is 4.85. The molecule has 0 unspecified atom stereocenters. The van der Waals surface area contributed by atoms with Gasteiger partial charge in [-0.15, -0.1) is 10.2 Å². The highest BCUT2D eigenvalue weighted by atomic mass is 16.3. The molecule has 0 aliphatic carbocycles. The highest BCUT2D eigenvalue weighted by Gasteiger charge is 2.21. The molecule has 3 N–H and O–H groups in total. The highest BCUT2D eigenvalue weighted by Crippen LogP contribution is 2.28. The fourth-order valence-electron chi connectivity index (χ4n) is 3.85. The molecule has 0 spiro atoms. The molecule has 10 nitrogen and oxygen atoms in total. The van der Waals surface area contributed by atoms with Crippen molar-refractivity contribution in [3.05, 3.63) is 36.8 Å². The van der Waals surface area contributed by atoms with Gasteiger partial charge in [0.05, 0.1) is 17.8 Å². The molecule has 4 aromatic heterocycles. The van der Waals surface area contributed by atoms with Crippen molar-refractivity contribution in [3.8, 4) is 0 Å². The van der Waals surface area contributed by atoms with Crippen LogP contribution in [-0.4, -0.2) is 65.7 Å². The van der Waals surface area contributed by atoms with E-state index in [9.17, 15) is 10.2 Å². The molecule has 0 saturated carbocycles. The third-order valence-electron chi connectivity index (χ3n) is 5.32. The minimum Gasteiger partial charge on any atom is -0.396 e. The third-order valence-corrected chi connectivity index (χ3v) is 5.32. The number of aromatic nitrogens is 6. The number of rotatable bonds is 6. The van der Waals surface area contributed by atoms with E-state index in [2.05, 4.69) is 25.5 Å². The Morgan fingerprint density at radius 3 is 2.83 bits per heavy atom. The van der Waals surface area contributed by atoms with Gasteiger partial charge in [0.2, 0.25) is 5.95 Å². The number of nitrogens with one attached hydrogen (secondary N) is 1. The van der Waals surface area contributed by atoms with Crippen LogP contribution in [0.15, 0.2) is 36.8 Å². The molecule has 5 heterocycles. The van der Waals surface area contributed by atoms with Gasteiger partial charge in [-0.05, 0) is 31.0 Å². The maximum absolute atomic E-state index is 9.69. The van der Waals surface area contributed by atoms with Gasteiger partial charge in [0.15, 0.2) is 11.6 Å². The van der Waals surface area contributed by atoms with Crippen molar-refractivity contribution in [2.24, 2.45) is 0 Å². The van der Waals surface area contributed by atoms with E-state index in [0.29, 0.717) is 31.3 Å². The normalized spacial score (nSPS) is 16.6. The summed E-state index contributed by atoms with van der Waals surface area (Å²) in [4.78, 5) is 15.4. The zero-order valence-corrected chi connectivity index (χ0v) is 16.3. The van der Waals surface area contributed by atoms with Crippen LogP contribution in [0, 0.1) is 0 Å². The van der Waals surface area contributed by atoms with Crippen molar-refractivity contribution in [2.75, 3.05) is 29.9 Å². The van der Waals surface area contributed by atoms with Gasteiger partial charge < -0.3 is 25.0 Å². The molecular weight excluding hydrogens is 384 g/mol. The van der Waals surface area contributed by atoms with E-state index < -0.39 is 0 Å². The van der Waals surface area contributed by atoms with Crippen molar-refractivity contribution in [1.29, 1.82) is 0 Å². The van der Waals surface area contributed by atoms with Gasteiger partial charge in [-0.2, -0.15) is 4.98 Å². The van der Waals surface area contributed by atoms with Crippen LogP contribution < -0.4 is 10.2 Å². The summed E-state index contributed by atoms with van der Waals surface area (Å²) in [7, 11) is 0. The minimum atomic E-state index is -0.308. The maximum Gasteiger partial charge on any atom is 0.230 e. The maximum atomic E-state index is 9.69. The van der Waals surface area contributed by atoms with Crippen molar-refractivity contribution in [1.82, 2.24) is 29.7 Å². The van der Waals surface area contributed by atoms with Crippen LogP contribution in [0.2, 0.25) is 0 Å². The predicted octanol–water partition coefficient (Wildman–Crippen LogP) is 1.47. The molecular formula is C20H22N8O2. The fraction of sp³-hybridized carbons (Fsp3) is 0.350. The monoisotopic (exact) mass is 406 g/mol. The number of pyridine rings is 1. The largest absolute Gasteiger partial charge is 0.396 e. The lowest BCUT2D eigenvalue weighted by Gasteiger charge is -2.15. The quantitative estimate of drug-likeness (QED) is 0.436. The minimum absolute atomic E-state index is 0.105. The van der Waals surface area contributed by atoms with Crippen LogP contribution >= 0.6 is 0 Å². The van der Waals surface area contributed by atoms with E-state index in [1.807, 2.05) is 27.7 Å². The Bertz CT molecular complexity index is 1180. The summed E-state index contributed by atoms with van der Waals surface area (Å²) in [6.45, 7) is 2.09. The number of β-amino-alcohol motifs (C(OH)–C–C–N with tert-alkyl or cyclic N) is 1. The molecule has 154 valence electrons. The van der Waals surface area contributed by atoms with Crippen LogP contribution in [0.3, 0.4) is 0 Å². The first kappa shape index (κ1) is 18.6. The summed E-state index contributed by atoms with van der Waals surface area (Å²) in [6.07, 6.45) is 6.41. The SMILES string of the molecule is OCCCn1c2cnccc2c2cnc(Nc3ccc(N4CC[C@@H](O)C4)nn3)nc21. The topological polar surface area (TPSA) is 125 Å². The summed E-state index contributed by atoms with van der Waals surface area (Å²) < 4.78 is 2.05. The number of aliphatic hydroxyl groups is 2. The Morgan fingerprint density at radius 1 is 1.13 bits per heavy atom. The Morgan fingerprint density at radius 2 is 2.07 bits per heavy atom. The summed E-state index contributed by atoms with van der Waals surface area (Å²) in [5.41, 5.74) is 1.74. The second-order valence-electron chi connectivity index (χ2n) is 7.34. The van der Waals surface area contributed by atoms with E-state index in [-0.39, 0.29) is 12.7 Å². The zero-order chi connectivity index (χ0) is 20.5. The van der Waals surface area contributed by atoms with Gasteiger partial charge in [-0.3, -0.25) is 4.98 Å². The van der Waals surface area contributed by atoms with Crippen LogP contribution in [-0.2, 0) is 6.54 Å². The van der Waals surface area contributed by atoms with E-state index in [1.54, 1.807) is 18.6 Å². The molecule has 1 aliphatic heterocycles. The summed E-state index contributed by atoms with van der Waals surface area (Å²) >= 11 is 0. The zero-order valence-electron chi connectivity index (χ0n) is 16.3. The molecule has 5 rings (SSSR count). The number of fused-ring (bicyclic) bond motifs is 3. The first-order valence-electron chi connectivity index (χ1n) is 9.96. The lowest BCUT2D eigenvalue weighted by molar-refractivity contribution is 0.198. The third kappa shape index (κ3) is 3.40. The number of hydrogen-bond donors (Lipinski definition) is 3. The van der Waals surface area contributed by atoms with Gasteiger partial charge in [0.25, 0.3) is 0 Å². The van der Waals surface area contributed by atoms with Crippen LogP contribution in [0.5, 0.6) is 0 Å². The summed E-state index contributed by atoms with van der Waals surface area (Å²) in [6, 6.07) is 5.64. The molecule has 1 saturated heterocycles. The number of aryl methyl sites for hydroxylation is 1. The lowest BCUT2D eigenvalue weighted by Crippen LogP contribution is -2.22. The van der Waals surface area contributed by atoms with Gasteiger partial charge in [-0.1, -0.05) is 0 Å². The Labute approximate surface area is 172 Å². The number of hydrogen-bond acceptors (Lipinski definition) is 9. The first-order valence-corrected chi connectivity index (χ1v) is 9.96. The highest BCUT2D eigenvalue weighted by molar-refractivity contribution is 6.06. The van der Waals surface area contributed by atoms with Crippen LogP contribution in [0.1, 0.15) is 12.8 Å². The number of aliphatic hydroxyl groups excluding tert-OH is 2. The average Bonchev–Trinajstić information content (AvgIpc) is 3.34. The van der Waals surface area contributed by atoms with E-state index in [1.165, 1.54) is 0 Å². The van der Waals surface area contributed by atoms with Crippen molar-refractivity contribution < 1.29 is 10.2 Å². The molecule has 1 fully saturated rings. The predicted molar refractivity (Wildman–Crippen MR) is 113 cm³/mol. The van der Waals surface area contributed by atoms with Crippen molar-refractivity contribution >= 4 is 39.5 Å². The molecule has 0 aromatic carbocycles. The molecule has 0 amide bonds. The van der Waals surface area contributed by atoms with E-state index in [4.69, 9.17) is 4.98 Å². The molecule has 0 bridgehead atoms. The van der Waals surface area contributed by atoms with Crippen LogP contribution in [0.25, 0.3) is 21.9 Å². The standard InChI is InChI=1S/C20H22N8O2/c29-9-1-7-28-16-11-21-6-4-14(16)15-10-22-20(24-19(15)28)23-17-2-3-18(26-25-17)27-8-5-13(30)12-27/h2-4,6,10-11,13,29-30H,1,5,7-9,12H2,(H,22,23,24,25)/t13-/m1/s1. The second-order valence-corrected chi connectivity index (χ2v) is 7.34. The average molecular weight is 406 g/mol. The molecule has 4 aromatic rings. The van der Waals surface area contributed by atoms with Gasteiger partial charge in [0.1, 0.15) is 5.65 Å². The molecule has 1 atom stereocenters. The number of nitrogens with zero attached hydrogens (tertiary/aromatic N) is 7.